The molecule has 0 aromatic carbocycles. The van der Waals surface area contributed by atoms with Crippen LogP contribution in [0.15, 0.2) is 0 Å². The van der Waals surface area contributed by atoms with Crippen molar-refractivity contribution in [2.45, 2.75) is 45.3 Å². The molecule has 0 radical (unpaired) electrons. The summed E-state index contributed by atoms with van der Waals surface area (Å²) >= 11 is 0. The lowest BCUT2D eigenvalue weighted by Crippen LogP contribution is -2.52. The molecular weight excluding hydrogens is 148 g/mol. The Hall–Kier alpha value is -0.0800. The molecule has 2 saturated heterocycles. The highest BCUT2D eigenvalue weighted by atomic mass is 15.4. The fraction of sp³-hybridized carbons (Fsp3) is 1.00. The Kier molecular flexibility index (Phi) is 2.37. The van der Waals surface area contributed by atoms with E-state index in [1.165, 1.54) is 38.9 Å². The first-order valence-electron chi connectivity index (χ1n) is 5.29. The minimum absolute atomic E-state index is 0.732. The summed E-state index contributed by atoms with van der Waals surface area (Å²) in [6, 6.07) is 0.732. The summed E-state index contributed by atoms with van der Waals surface area (Å²) in [5.74, 6) is 0. The van der Waals surface area contributed by atoms with E-state index in [4.69, 9.17) is 0 Å². The number of hydrogen-bond acceptors (Lipinski definition) is 2. The minimum atomic E-state index is 0.732. The van der Waals surface area contributed by atoms with Gasteiger partial charge in [0.15, 0.2) is 0 Å². The van der Waals surface area contributed by atoms with Crippen molar-refractivity contribution in [1.82, 2.24) is 9.80 Å². The Balaban J connectivity index is 2.03. The zero-order valence-electron chi connectivity index (χ0n) is 8.29. The van der Waals surface area contributed by atoms with E-state index < -0.39 is 0 Å². The van der Waals surface area contributed by atoms with E-state index in [2.05, 4.69) is 23.6 Å². The molecule has 0 aromatic heterocycles. The van der Waals surface area contributed by atoms with Crippen LogP contribution in [-0.4, -0.2) is 41.6 Å². The average molecular weight is 168 g/mol. The molecule has 0 bridgehead atoms. The zero-order valence-corrected chi connectivity index (χ0v) is 8.29. The van der Waals surface area contributed by atoms with Crippen LogP contribution in [0.4, 0.5) is 0 Å². The van der Waals surface area contributed by atoms with Crippen LogP contribution < -0.4 is 0 Å². The van der Waals surface area contributed by atoms with Gasteiger partial charge in [0.2, 0.25) is 0 Å². The van der Waals surface area contributed by atoms with Crippen LogP contribution in [0.5, 0.6) is 0 Å². The van der Waals surface area contributed by atoms with Crippen molar-refractivity contribution in [3.05, 3.63) is 0 Å². The molecule has 2 nitrogen and oxygen atoms in total. The van der Waals surface area contributed by atoms with Gasteiger partial charge in [-0.3, -0.25) is 9.80 Å². The largest absolute Gasteiger partial charge is 0.288 e. The third kappa shape index (κ3) is 1.38. The molecule has 0 amide bonds. The molecule has 1 unspecified atom stereocenters. The van der Waals surface area contributed by atoms with Crippen LogP contribution in [0.3, 0.4) is 0 Å². The molecule has 0 aromatic rings. The summed E-state index contributed by atoms with van der Waals surface area (Å²) in [5.41, 5.74) is 0. The smallest absolute Gasteiger partial charge is 0.0625 e. The zero-order chi connectivity index (χ0) is 8.55. The van der Waals surface area contributed by atoms with Crippen LogP contribution in [0.1, 0.15) is 33.1 Å². The highest BCUT2D eigenvalue weighted by molar-refractivity contribution is 4.85. The molecule has 0 aliphatic carbocycles. The van der Waals surface area contributed by atoms with Gasteiger partial charge in [-0.05, 0) is 39.7 Å². The minimum Gasteiger partial charge on any atom is -0.288 e. The van der Waals surface area contributed by atoms with Crippen LogP contribution in [0, 0.1) is 0 Å². The average Bonchev–Trinajstić information content (AvgIpc) is 2.49. The van der Waals surface area contributed by atoms with Gasteiger partial charge in [0.05, 0.1) is 6.17 Å². The molecule has 2 aliphatic rings. The second-order valence-electron chi connectivity index (χ2n) is 4.34. The number of hydrogen-bond donors (Lipinski definition) is 0. The van der Waals surface area contributed by atoms with Crippen molar-refractivity contribution in [2.24, 2.45) is 0 Å². The van der Waals surface area contributed by atoms with Crippen molar-refractivity contribution >= 4 is 0 Å². The van der Waals surface area contributed by atoms with Gasteiger partial charge in [-0.15, -0.1) is 0 Å². The highest BCUT2D eigenvalue weighted by Gasteiger charge is 2.33. The Bertz CT molecular complexity index is 156. The van der Waals surface area contributed by atoms with Crippen LogP contribution >= 0.6 is 0 Å². The Morgan fingerprint density at radius 3 is 2.58 bits per heavy atom. The van der Waals surface area contributed by atoms with Gasteiger partial charge in [-0.25, -0.2) is 0 Å². The molecule has 70 valence electrons. The quantitative estimate of drug-likeness (QED) is 0.586. The van der Waals surface area contributed by atoms with Gasteiger partial charge in [0.25, 0.3) is 0 Å². The predicted molar refractivity (Wildman–Crippen MR) is 51.1 cm³/mol. The molecule has 0 saturated carbocycles. The summed E-state index contributed by atoms with van der Waals surface area (Å²) in [7, 11) is 0. The standard InChI is InChI=1S/C10H20N2/c1-9(2)12-8-4-7-11-6-3-5-10(11)12/h9-10H,3-8H2,1-2H3. The monoisotopic (exact) mass is 168 g/mol. The maximum Gasteiger partial charge on any atom is 0.0625 e. The number of fused-ring (bicyclic) bond motifs is 1. The first-order valence-corrected chi connectivity index (χ1v) is 5.29. The van der Waals surface area contributed by atoms with E-state index in [0.29, 0.717) is 0 Å². The van der Waals surface area contributed by atoms with Crippen molar-refractivity contribution in [3.63, 3.8) is 0 Å². The fourth-order valence-corrected chi connectivity index (χ4v) is 2.65. The lowest BCUT2D eigenvalue weighted by Gasteiger charge is -2.42. The van der Waals surface area contributed by atoms with Crippen molar-refractivity contribution in [1.29, 1.82) is 0 Å². The van der Waals surface area contributed by atoms with Gasteiger partial charge in [0.1, 0.15) is 0 Å². The highest BCUT2D eigenvalue weighted by Crippen LogP contribution is 2.26. The molecule has 2 rings (SSSR count). The van der Waals surface area contributed by atoms with Crippen LogP contribution in [0.25, 0.3) is 0 Å². The molecule has 2 aliphatic heterocycles. The maximum absolute atomic E-state index is 2.66. The molecule has 0 N–H and O–H groups in total. The van der Waals surface area contributed by atoms with E-state index >= 15 is 0 Å². The van der Waals surface area contributed by atoms with E-state index in [9.17, 15) is 0 Å². The number of nitrogens with zero attached hydrogens (tertiary/aromatic N) is 2. The molecule has 1 atom stereocenters. The SMILES string of the molecule is CC(C)N1CCCN2CCCC21. The third-order valence-electron chi connectivity index (χ3n) is 3.24. The summed E-state index contributed by atoms with van der Waals surface area (Å²) in [4.78, 5) is 5.32. The lowest BCUT2D eigenvalue weighted by atomic mass is 10.1. The first-order chi connectivity index (χ1) is 5.79. The maximum atomic E-state index is 2.66. The summed E-state index contributed by atoms with van der Waals surface area (Å²) in [6.07, 6.45) is 4.97. The Morgan fingerprint density at radius 1 is 1.08 bits per heavy atom. The second kappa shape index (κ2) is 3.35. The van der Waals surface area contributed by atoms with Gasteiger partial charge >= 0.3 is 0 Å². The molecular formula is C10H20N2. The third-order valence-corrected chi connectivity index (χ3v) is 3.24. The summed E-state index contributed by atoms with van der Waals surface area (Å²) in [6.45, 7) is 8.64. The fourth-order valence-electron chi connectivity index (χ4n) is 2.65. The van der Waals surface area contributed by atoms with E-state index in [-0.39, 0.29) is 0 Å². The van der Waals surface area contributed by atoms with Gasteiger partial charge in [-0.1, -0.05) is 0 Å². The Morgan fingerprint density at radius 2 is 1.83 bits per heavy atom. The van der Waals surface area contributed by atoms with Crippen LogP contribution in [-0.2, 0) is 0 Å². The summed E-state index contributed by atoms with van der Waals surface area (Å²) < 4.78 is 0. The Labute approximate surface area is 75.5 Å². The summed E-state index contributed by atoms with van der Waals surface area (Å²) in [5, 5.41) is 0. The van der Waals surface area contributed by atoms with E-state index in [0.717, 1.165) is 12.2 Å². The van der Waals surface area contributed by atoms with Gasteiger partial charge in [0, 0.05) is 19.1 Å². The molecule has 2 heteroatoms. The van der Waals surface area contributed by atoms with E-state index in [1.54, 1.807) is 0 Å². The van der Waals surface area contributed by atoms with Crippen LogP contribution in [0.2, 0.25) is 0 Å². The molecule has 0 spiro atoms. The van der Waals surface area contributed by atoms with Crippen molar-refractivity contribution < 1.29 is 0 Å². The molecule has 2 heterocycles. The molecule has 12 heavy (non-hydrogen) atoms. The predicted octanol–water partition coefficient (Wildman–Crippen LogP) is 1.52. The van der Waals surface area contributed by atoms with Gasteiger partial charge in [-0.2, -0.15) is 0 Å². The first kappa shape index (κ1) is 8.52. The number of rotatable bonds is 1. The second-order valence-corrected chi connectivity index (χ2v) is 4.34. The van der Waals surface area contributed by atoms with Gasteiger partial charge < -0.3 is 0 Å². The van der Waals surface area contributed by atoms with Crippen molar-refractivity contribution in [3.8, 4) is 0 Å². The van der Waals surface area contributed by atoms with E-state index in [1.807, 2.05) is 0 Å². The lowest BCUT2D eigenvalue weighted by molar-refractivity contribution is 0.0126. The molecule has 2 fully saturated rings. The topological polar surface area (TPSA) is 6.48 Å². The normalized spacial score (nSPS) is 32.8. The van der Waals surface area contributed by atoms with Crippen molar-refractivity contribution in [2.75, 3.05) is 19.6 Å².